The van der Waals surface area contributed by atoms with E-state index in [0.29, 0.717) is 4.77 Å². The Hall–Kier alpha value is -1.10. The lowest BCUT2D eigenvalue weighted by atomic mass is 10.4. The van der Waals surface area contributed by atoms with Gasteiger partial charge in [-0.2, -0.15) is 0 Å². The normalized spacial score (nSPS) is 9.64. The summed E-state index contributed by atoms with van der Waals surface area (Å²) >= 11 is 0.281. The molecule has 60 valence electrons. The predicted molar refractivity (Wildman–Crippen MR) is 42.2 cm³/mol. The number of rotatable bonds is 0. The molecular formula is C6H8N2O2S. The van der Waals surface area contributed by atoms with Crippen LogP contribution in [0.25, 0.3) is 0 Å². The Balaban J connectivity index is 3.77. The number of nitrogens with one attached hydrogen (secondary N) is 1. The zero-order valence-electron chi connectivity index (χ0n) is 6.25. The molecule has 5 heteroatoms. The van der Waals surface area contributed by atoms with Crippen LogP contribution in [0.15, 0.2) is 10.9 Å². The first-order valence-electron chi connectivity index (χ1n) is 3.05. The summed E-state index contributed by atoms with van der Waals surface area (Å²) in [5.41, 5.74) is 0.533. The van der Waals surface area contributed by atoms with E-state index in [2.05, 4.69) is 4.98 Å². The van der Waals surface area contributed by atoms with Gasteiger partial charge in [0.15, 0.2) is 0 Å². The minimum Gasteiger partial charge on any atom is -0.324 e. The first-order valence-corrected chi connectivity index (χ1v) is 3.79. The molecule has 0 fully saturated rings. The van der Waals surface area contributed by atoms with Crippen LogP contribution in [-0.2, 0) is 18.3 Å². The van der Waals surface area contributed by atoms with Gasteiger partial charge in [0.05, 0.1) is 0 Å². The van der Waals surface area contributed by atoms with Gasteiger partial charge >= 0.3 is 0 Å². The van der Waals surface area contributed by atoms with Gasteiger partial charge in [-0.3, -0.25) is 9.78 Å². The number of aromatic amines is 1. The standard InChI is InChI=1S/C6H8N2O2S/c1-4-3-5(9)7-6(11-10)8(4)2/h3H,1-2H3,(H,7,9). The van der Waals surface area contributed by atoms with Gasteiger partial charge in [0.25, 0.3) is 5.56 Å². The molecule has 0 aliphatic heterocycles. The van der Waals surface area contributed by atoms with E-state index in [1.165, 1.54) is 6.07 Å². The molecule has 1 N–H and O–H groups in total. The van der Waals surface area contributed by atoms with Crippen molar-refractivity contribution >= 4 is 11.3 Å². The SMILES string of the molecule is Cc1cc(=O)[nH]c(=S=O)n1C. The second-order valence-corrected chi connectivity index (χ2v) is 2.78. The molecule has 0 aliphatic rings. The van der Waals surface area contributed by atoms with Gasteiger partial charge in [-0.25, -0.2) is 4.21 Å². The molecule has 0 amide bonds. The van der Waals surface area contributed by atoms with Crippen molar-refractivity contribution in [2.24, 2.45) is 7.05 Å². The molecule has 0 bridgehead atoms. The quantitative estimate of drug-likeness (QED) is 0.549. The van der Waals surface area contributed by atoms with Crippen molar-refractivity contribution in [1.29, 1.82) is 0 Å². The molecule has 1 aromatic rings. The fourth-order valence-electron chi connectivity index (χ4n) is 0.749. The molecule has 0 spiro atoms. The van der Waals surface area contributed by atoms with Crippen molar-refractivity contribution in [3.63, 3.8) is 0 Å². The van der Waals surface area contributed by atoms with Crippen LogP contribution in [0.5, 0.6) is 0 Å². The van der Waals surface area contributed by atoms with Crippen molar-refractivity contribution in [3.05, 3.63) is 26.9 Å². The maximum absolute atomic E-state index is 10.8. The van der Waals surface area contributed by atoms with Crippen LogP contribution in [0, 0.1) is 11.7 Å². The van der Waals surface area contributed by atoms with Crippen LogP contribution in [0.3, 0.4) is 0 Å². The van der Waals surface area contributed by atoms with Gasteiger partial charge in [0.1, 0.15) is 11.3 Å². The number of hydrogen-bond donors (Lipinski definition) is 1. The monoisotopic (exact) mass is 172 g/mol. The highest BCUT2D eigenvalue weighted by Crippen LogP contribution is 1.87. The summed E-state index contributed by atoms with van der Waals surface area (Å²) in [6, 6.07) is 1.44. The Morgan fingerprint density at radius 3 is 2.82 bits per heavy atom. The summed E-state index contributed by atoms with van der Waals surface area (Å²) in [6.45, 7) is 1.77. The van der Waals surface area contributed by atoms with E-state index in [9.17, 15) is 9.00 Å². The molecule has 0 saturated heterocycles. The van der Waals surface area contributed by atoms with Crippen LogP contribution in [0.2, 0.25) is 0 Å². The zero-order chi connectivity index (χ0) is 8.43. The van der Waals surface area contributed by atoms with E-state index in [1.807, 2.05) is 0 Å². The lowest BCUT2D eigenvalue weighted by Gasteiger charge is -2.00. The first-order chi connectivity index (χ1) is 5.15. The third-order valence-electron chi connectivity index (χ3n) is 1.48. The summed E-state index contributed by atoms with van der Waals surface area (Å²) in [5.74, 6) is 0. The summed E-state index contributed by atoms with van der Waals surface area (Å²) in [6.07, 6.45) is 0. The number of nitrogens with zero attached hydrogens (tertiary/aromatic N) is 1. The Morgan fingerprint density at radius 2 is 2.27 bits per heavy atom. The Labute approximate surface area is 66.6 Å². The van der Waals surface area contributed by atoms with Gasteiger partial charge in [-0.05, 0) is 6.92 Å². The van der Waals surface area contributed by atoms with Gasteiger partial charge in [-0.15, -0.1) is 0 Å². The minimum atomic E-state index is -0.237. The molecule has 0 radical (unpaired) electrons. The van der Waals surface area contributed by atoms with E-state index in [0.717, 1.165) is 5.69 Å². The highest BCUT2D eigenvalue weighted by atomic mass is 32.1. The number of hydrogen-bond acceptors (Lipinski definition) is 2. The van der Waals surface area contributed by atoms with Crippen molar-refractivity contribution in [3.8, 4) is 0 Å². The number of aromatic nitrogens is 2. The number of aryl methyl sites for hydroxylation is 1. The van der Waals surface area contributed by atoms with Crippen molar-refractivity contribution < 1.29 is 4.21 Å². The Bertz CT molecular complexity index is 411. The van der Waals surface area contributed by atoms with Crippen LogP contribution < -0.4 is 5.56 Å². The predicted octanol–water partition coefficient (Wildman–Crippen LogP) is -0.233. The highest BCUT2D eigenvalue weighted by Gasteiger charge is 1.92. The van der Waals surface area contributed by atoms with Crippen LogP contribution >= 0.6 is 0 Å². The molecule has 0 aromatic carbocycles. The Morgan fingerprint density at radius 1 is 1.64 bits per heavy atom. The van der Waals surface area contributed by atoms with E-state index >= 15 is 0 Å². The first kappa shape index (κ1) is 8.00. The van der Waals surface area contributed by atoms with Crippen LogP contribution in [0.4, 0.5) is 0 Å². The Kier molecular flexibility index (Phi) is 2.09. The molecule has 0 saturated carbocycles. The smallest absolute Gasteiger partial charge is 0.251 e. The topological polar surface area (TPSA) is 54.9 Å². The van der Waals surface area contributed by atoms with Crippen LogP contribution in [0.1, 0.15) is 5.69 Å². The van der Waals surface area contributed by atoms with Crippen LogP contribution in [-0.4, -0.2) is 13.8 Å². The van der Waals surface area contributed by atoms with Crippen molar-refractivity contribution in [2.75, 3.05) is 0 Å². The number of H-pyrrole nitrogens is 1. The van der Waals surface area contributed by atoms with Crippen molar-refractivity contribution in [1.82, 2.24) is 9.55 Å². The molecule has 0 atom stereocenters. The molecule has 0 aliphatic carbocycles. The van der Waals surface area contributed by atoms with E-state index in [4.69, 9.17) is 0 Å². The molecular weight excluding hydrogens is 164 g/mol. The maximum atomic E-state index is 10.8. The lowest BCUT2D eigenvalue weighted by molar-refractivity contribution is 0.694. The largest absolute Gasteiger partial charge is 0.324 e. The van der Waals surface area contributed by atoms with Gasteiger partial charge in [0, 0.05) is 18.8 Å². The lowest BCUT2D eigenvalue weighted by Crippen LogP contribution is -2.12. The average molecular weight is 172 g/mol. The van der Waals surface area contributed by atoms with Crippen molar-refractivity contribution in [2.45, 2.75) is 6.92 Å². The summed E-state index contributed by atoms with van der Waals surface area (Å²) in [7, 11) is 1.73. The second-order valence-electron chi connectivity index (χ2n) is 2.22. The minimum absolute atomic E-state index is 0.237. The third kappa shape index (κ3) is 1.48. The van der Waals surface area contributed by atoms with E-state index in [1.54, 1.807) is 18.5 Å². The molecule has 11 heavy (non-hydrogen) atoms. The summed E-state index contributed by atoms with van der Waals surface area (Å²) in [5, 5.41) is 0. The van der Waals surface area contributed by atoms with Gasteiger partial charge < -0.3 is 4.57 Å². The third-order valence-corrected chi connectivity index (χ3v) is 2.02. The zero-order valence-corrected chi connectivity index (χ0v) is 7.07. The summed E-state index contributed by atoms with van der Waals surface area (Å²) in [4.78, 5) is 13.2. The fourth-order valence-corrected chi connectivity index (χ4v) is 1.15. The second kappa shape index (κ2) is 2.87. The van der Waals surface area contributed by atoms with E-state index in [-0.39, 0.29) is 16.8 Å². The summed E-state index contributed by atoms with van der Waals surface area (Å²) < 4.78 is 12.3. The molecule has 1 aromatic heterocycles. The molecule has 0 unspecified atom stereocenters. The van der Waals surface area contributed by atoms with Gasteiger partial charge in [0.2, 0.25) is 4.77 Å². The molecule has 1 heterocycles. The average Bonchev–Trinajstić information content (AvgIpc) is 1.96. The highest BCUT2D eigenvalue weighted by molar-refractivity contribution is 7.56. The maximum Gasteiger partial charge on any atom is 0.251 e. The molecule has 4 nitrogen and oxygen atoms in total. The fraction of sp³-hybridized carbons (Fsp3) is 0.333. The molecule has 1 rings (SSSR count). The van der Waals surface area contributed by atoms with E-state index < -0.39 is 0 Å². The van der Waals surface area contributed by atoms with Gasteiger partial charge in [-0.1, -0.05) is 0 Å².